The van der Waals surface area contributed by atoms with E-state index in [1.165, 1.54) is 0 Å². The first-order chi connectivity index (χ1) is 19.9. The number of aromatic hydroxyl groups is 1. The minimum atomic E-state index is -0.736. The van der Waals surface area contributed by atoms with E-state index < -0.39 is 18.6 Å². The number of aliphatic hydroxyl groups is 1. The van der Waals surface area contributed by atoms with Crippen LogP contribution in [-0.4, -0.2) is 80.0 Å². The van der Waals surface area contributed by atoms with Crippen LogP contribution in [0.15, 0.2) is 55.5 Å². The van der Waals surface area contributed by atoms with Crippen molar-refractivity contribution in [3.63, 3.8) is 0 Å². The van der Waals surface area contributed by atoms with Gasteiger partial charge in [-0.2, -0.15) is 0 Å². The number of nitrogens with zero attached hydrogens (tertiary/aromatic N) is 6. The lowest BCUT2D eigenvalue weighted by atomic mass is 10.0. The predicted octanol–water partition coefficient (Wildman–Crippen LogP) is 2.41. The molecule has 0 bridgehead atoms. The molecule has 0 saturated carbocycles. The average Bonchev–Trinajstić information content (AvgIpc) is 3.78. The number of aromatic amines is 2. The Labute approximate surface area is 234 Å². The second-order valence-electron chi connectivity index (χ2n) is 10.5. The molecule has 1 aromatic carbocycles. The van der Waals surface area contributed by atoms with Crippen LogP contribution in [0.4, 0.5) is 0 Å². The van der Waals surface area contributed by atoms with Gasteiger partial charge in [0.05, 0.1) is 53.7 Å². The number of benzene rings is 1. The zero-order valence-corrected chi connectivity index (χ0v) is 22.7. The van der Waals surface area contributed by atoms with E-state index in [0.717, 1.165) is 29.8 Å². The molecule has 5 aromatic rings. The first-order valence-electron chi connectivity index (χ1n) is 13.5. The third-order valence-electron chi connectivity index (χ3n) is 7.52. The van der Waals surface area contributed by atoms with Crippen molar-refractivity contribution < 1.29 is 19.8 Å². The van der Waals surface area contributed by atoms with Crippen LogP contribution in [0.25, 0.3) is 34.1 Å². The summed E-state index contributed by atoms with van der Waals surface area (Å²) in [6.07, 6.45) is 12.0. The zero-order chi connectivity index (χ0) is 28.7. The van der Waals surface area contributed by atoms with Gasteiger partial charge in [-0.05, 0) is 30.9 Å². The molecule has 1 unspecified atom stereocenters. The van der Waals surface area contributed by atoms with E-state index in [2.05, 4.69) is 30.2 Å². The molecule has 13 nitrogen and oxygen atoms in total. The highest BCUT2D eigenvalue weighted by atomic mass is 16.3. The molecule has 2 atom stereocenters. The van der Waals surface area contributed by atoms with Gasteiger partial charge in [0.25, 0.3) is 0 Å². The molecule has 1 aliphatic rings. The lowest BCUT2D eigenvalue weighted by molar-refractivity contribution is -0.139. The number of fused-ring (bicyclic) bond motifs is 1. The molecule has 4 aromatic heterocycles. The Balaban J connectivity index is 1.23. The van der Waals surface area contributed by atoms with Gasteiger partial charge < -0.3 is 30.4 Å². The van der Waals surface area contributed by atoms with Gasteiger partial charge in [0.2, 0.25) is 17.6 Å². The fourth-order valence-electron chi connectivity index (χ4n) is 5.43. The summed E-state index contributed by atoms with van der Waals surface area (Å²) in [5.74, 6) is 0.428. The lowest BCUT2D eigenvalue weighted by Gasteiger charge is -2.30. The SMILES string of the molecule is CC(C)[C@H](NC(=O)CO)C(=O)N1CCCC1c1ncc(-c2ccc(-n3ccn4c(-c5cnc[nH]5)cnc34)c(O)c2)[nH]1. The fraction of sp³-hybridized carbons (Fsp3) is 0.321. The van der Waals surface area contributed by atoms with Gasteiger partial charge in [-0.3, -0.25) is 18.6 Å². The highest BCUT2D eigenvalue weighted by molar-refractivity contribution is 5.88. The van der Waals surface area contributed by atoms with E-state index in [-0.39, 0.29) is 23.6 Å². The maximum absolute atomic E-state index is 13.4. The molecule has 13 heteroatoms. The number of H-pyrrole nitrogens is 2. The molecule has 0 aliphatic carbocycles. The predicted molar refractivity (Wildman–Crippen MR) is 149 cm³/mol. The van der Waals surface area contributed by atoms with E-state index in [4.69, 9.17) is 5.11 Å². The van der Waals surface area contributed by atoms with Crippen molar-refractivity contribution in [2.24, 2.45) is 5.92 Å². The van der Waals surface area contributed by atoms with Gasteiger partial charge in [0, 0.05) is 24.5 Å². The number of amides is 2. The van der Waals surface area contributed by atoms with Crippen molar-refractivity contribution in [2.75, 3.05) is 13.2 Å². The van der Waals surface area contributed by atoms with Crippen molar-refractivity contribution in [3.8, 4) is 34.1 Å². The standard InChI is InChI=1S/C28H31N9O4/c1-16(2)25(34-24(40)14-38)27(41)35-7-3-4-21(35)26-30-12-18(33-26)17-5-6-20(23(39)10-17)36-8-9-37-22(13-31-28(36)37)19-11-29-15-32-19/h5-6,8-13,15-16,21,25,38-39H,3-4,7,14H2,1-2H3,(H,29,32)(H,30,33)(H,34,40)/t21?,25-/m0/s1. The number of likely N-dealkylation sites (tertiary alicyclic amines) is 1. The van der Waals surface area contributed by atoms with E-state index in [1.54, 1.807) is 40.5 Å². The number of nitrogens with one attached hydrogen (secondary N) is 3. The maximum atomic E-state index is 13.4. The molecule has 0 radical (unpaired) electrons. The maximum Gasteiger partial charge on any atom is 0.246 e. The molecule has 0 spiro atoms. The van der Waals surface area contributed by atoms with E-state index >= 15 is 0 Å². The number of phenols is 1. The molecule has 1 saturated heterocycles. The second kappa shape index (κ2) is 10.6. The Kier molecular flexibility index (Phi) is 6.79. The van der Waals surface area contributed by atoms with Crippen LogP contribution in [0.1, 0.15) is 38.6 Å². The second-order valence-corrected chi connectivity index (χ2v) is 10.5. The molecule has 5 heterocycles. The highest BCUT2D eigenvalue weighted by Crippen LogP contribution is 2.34. The van der Waals surface area contributed by atoms with Gasteiger partial charge in [0.15, 0.2) is 0 Å². The lowest BCUT2D eigenvalue weighted by Crippen LogP contribution is -2.51. The summed E-state index contributed by atoms with van der Waals surface area (Å²) < 4.78 is 3.72. The van der Waals surface area contributed by atoms with Crippen molar-refractivity contribution in [3.05, 3.63) is 61.3 Å². The molecule has 212 valence electrons. The number of phenolic OH excluding ortho intramolecular Hbond substituents is 1. The number of rotatable bonds is 8. The van der Waals surface area contributed by atoms with Crippen molar-refractivity contribution in [2.45, 2.75) is 38.8 Å². The number of imidazole rings is 4. The summed E-state index contributed by atoms with van der Waals surface area (Å²) in [7, 11) is 0. The topological polar surface area (TPSA) is 169 Å². The van der Waals surface area contributed by atoms with Crippen molar-refractivity contribution in [1.29, 1.82) is 0 Å². The quantitative estimate of drug-likeness (QED) is 0.195. The average molecular weight is 558 g/mol. The Hall–Kier alpha value is -4.91. The molecule has 41 heavy (non-hydrogen) atoms. The van der Waals surface area contributed by atoms with Crippen LogP contribution >= 0.6 is 0 Å². The number of carbonyl (C=O) groups excluding carboxylic acids is 2. The highest BCUT2D eigenvalue weighted by Gasteiger charge is 2.37. The third kappa shape index (κ3) is 4.73. The van der Waals surface area contributed by atoms with Crippen LogP contribution in [-0.2, 0) is 9.59 Å². The first kappa shape index (κ1) is 26.3. The number of hydrogen-bond donors (Lipinski definition) is 5. The molecule has 2 amide bonds. The number of hydrogen-bond acceptors (Lipinski definition) is 7. The fourth-order valence-corrected chi connectivity index (χ4v) is 5.43. The van der Waals surface area contributed by atoms with E-state index in [0.29, 0.717) is 29.5 Å². The Bertz CT molecular complexity index is 1700. The largest absolute Gasteiger partial charge is 0.506 e. The van der Waals surface area contributed by atoms with Crippen LogP contribution in [0.3, 0.4) is 0 Å². The van der Waals surface area contributed by atoms with Gasteiger partial charge in [-0.1, -0.05) is 19.9 Å². The van der Waals surface area contributed by atoms with Crippen molar-refractivity contribution >= 4 is 17.6 Å². The summed E-state index contributed by atoms with van der Waals surface area (Å²) in [5, 5.41) is 22.8. The summed E-state index contributed by atoms with van der Waals surface area (Å²) >= 11 is 0. The van der Waals surface area contributed by atoms with Crippen LogP contribution in [0.2, 0.25) is 0 Å². The number of carbonyl (C=O) groups is 2. The normalized spacial score (nSPS) is 16.1. The summed E-state index contributed by atoms with van der Waals surface area (Å²) in [5.41, 5.74) is 3.70. The van der Waals surface area contributed by atoms with Gasteiger partial charge in [0.1, 0.15) is 24.2 Å². The summed E-state index contributed by atoms with van der Waals surface area (Å²) in [4.78, 5) is 46.5. The van der Waals surface area contributed by atoms with Crippen molar-refractivity contribution in [1.82, 2.24) is 44.1 Å². The minimum Gasteiger partial charge on any atom is -0.506 e. The van der Waals surface area contributed by atoms with Crippen LogP contribution < -0.4 is 5.32 Å². The number of aromatic nitrogens is 7. The molecular formula is C28H31N9O4. The van der Waals surface area contributed by atoms with Gasteiger partial charge >= 0.3 is 0 Å². The minimum absolute atomic E-state index is 0.0694. The Morgan fingerprint density at radius 2 is 2.00 bits per heavy atom. The molecule has 1 aliphatic heterocycles. The molecular weight excluding hydrogens is 526 g/mol. The Morgan fingerprint density at radius 3 is 2.73 bits per heavy atom. The van der Waals surface area contributed by atoms with Crippen LogP contribution in [0.5, 0.6) is 5.75 Å². The summed E-state index contributed by atoms with van der Waals surface area (Å²) in [6, 6.07) is 4.36. The summed E-state index contributed by atoms with van der Waals surface area (Å²) in [6.45, 7) is 3.59. The molecule has 6 rings (SSSR count). The third-order valence-corrected chi connectivity index (χ3v) is 7.52. The molecule has 5 N–H and O–H groups in total. The van der Waals surface area contributed by atoms with Gasteiger partial charge in [-0.15, -0.1) is 0 Å². The monoisotopic (exact) mass is 557 g/mol. The van der Waals surface area contributed by atoms with Crippen LogP contribution in [0, 0.1) is 5.92 Å². The van der Waals surface area contributed by atoms with E-state index in [1.807, 2.05) is 42.8 Å². The molecule has 1 fully saturated rings. The van der Waals surface area contributed by atoms with Gasteiger partial charge in [-0.25, -0.2) is 15.0 Å². The Morgan fingerprint density at radius 1 is 1.15 bits per heavy atom. The van der Waals surface area contributed by atoms with E-state index in [9.17, 15) is 14.7 Å². The number of aliphatic hydroxyl groups excluding tert-OH is 1. The smallest absolute Gasteiger partial charge is 0.246 e. The zero-order valence-electron chi connectivity index (χ0n) is 22.7. The first-order valence-corrected chi connectivity index (χ1v) is 13.5.